The highest BCUT2D eigenvalue weighted by Crippen LogP contribution is 2.26. The molecule has 0 spiro atoms. The van der Waals surface area contributed by atoms with Crippen LogP contribution in [0.5, 0.6) is 0 Å². The second kappa shape index (κ2) is 8.72. The monoisotopic (exact) mass is 322 g/mol. The van der Waals surface area contributed by atoms with Gasteiger partial charge in [0.15, 0.2) is 0 Å². The summed E-state index contributed by atoms with van der Waals surface area (Å²) < 4.78 is 5.32. The van der Waals surface area contributed by atoms with Crippen LogP contribution in [-0.2, 0) is 4.74 Å². The molecule has 0 aromatic heterocycles. The SMILES string of the molecule is CC(C)(C)OC(=O)NCC1CCCC1NCCC1=CCCCC1. The Morgan fingerprint density at radius 3 is 2.78 bits per heavy atom. The van der Waals surface area contributed by atoms with Crippen molar-refractivity contribution in [2.45, 2.75) is 83.8 Å². The molecular formula is C19H34N2O2. The minimum absolute atomic E-state index is 0.296. The van der Waals surface area contributed by atoms with Crippen molar-refractivity contribution in [1.82, 2.24) is 10.6 Å². The van der Waals surface area contributed by atoms with Gasteiger partial charge < -0.3 is 15.4 Å². The summed E-state index contributed by atoms with van der Waals surface area (Å²) in [6, 6.07) is 0.536. The summed E-state index contributed by atoms with van der Waals surface area (Å²) in [5.74, 6) is 0.530. The highest BCUT2D eigenvalue weighted by Gasteiger charge is 2.27. The minimum Gasteiger partial charge on any atom is -0.444 e. The lowest BCUT2D eigenvalue weighted by molar-refractivity contribution is 0.0517. The van der Waals surface area contributed by atoms with Gasteiger partial charge in [-0.3, -0.25) is 0 Å². The molecule has 0 aromatic carbocycles. The number of alkyl carbamates (subject to hydrolysis) is 1. The van der Waals surface area contributed by atoms with Gasteiger partial charge in [0.05, 0.1) is 0 Å². The molecule has 4 heteroatoms. The van der Waals surface area contributed by atoms with Gasteiger partial charge in [0, 0.05) is 12.6 Å². The van der Waals surface area contributed by atoms with Crippen molar-refractivity contribution in [2.75, 3.05) is 13.1 Å². The zero-order valence-electron chi connectivity index (χ0n) is 15.1. The number of allylic oxidation sites excluding steroid dienone is 1. The maximum atomic E-state index is 11.8. The molecule has 23 heavy (non-hydrogen) atoms. The van der Waals surface area contributed by atoms with Gasteiger partial charge in [0.1, 0.15) is 5.60 Å². The minimum atomic E-state index is -0.425. The average molecular weight is 322 g/mol. The first kappa shape index (κ1) is 18.3. The second-order valence-electron chi connectivity index (χ2n) is 7.99. The van der Waals surface area contributed by atoms with Crippen LogP contribution in [0.4, 0.5) is 4.79 Å². The Morgan fingerprint density at radius 2 is 2.09 bits per heavy atom. The third-order valence-corrected chi connectivity index (χ3v) is 4.80. The fourth-order valence-electron chi connectivity index (χ4n) is 3.63. The summed E-state index contributed by atoms with van der Waals surface area (Å²) in [4.78, 5) is 11.8. The van der Waals surface area contributed by atoms with Gasteiger partial charge in [-0.25, -0.2) is 4.79 Å². The quantitative estimate of drug-likeness (QED) is 0.722. The number of rotatable bonds is 6. The van der Waals surface area contributed by atoms with Crippen LogP contribution < -0.4 is 10.6 Å². The maximum absolute atomic E-state index is 11.8. The summed E-state index contributed by atoms with van der Waals surface area (Å²) in [5, 5.41) is 6.66. The van der Waals surface area contributed by atoms with E-state index in [1.54, 1.807) is 5.57 Å². The van der Waals surface area contributed by atoms with E-state index in [1.807, 2.05) is 20.8 Å². The Bertz CT molecular complexity index is 412. The molecule has 0 aliphatic heterocycles. The Kier molecular flexibility index (Phi) is 6.94. The molecule has 0 saturated heterocycles. The van der Waals surface area contributed by atoms with Gasteiger partial charge in [-0.05, 0) is 78.2 Å². The topological polar surface area (TPSA) is 50.4 Å². The number of amides is 1. The molecule has 0 radical (unpaired) electrons. The van der Waals surface area contributed by atoms with Crippen LogP contribution in [0.25, 0.3) is 0 Å². The van der Waals surface area contributed by atoms with Crippen molar-refractivity contribution < 1.29 is 9.53 Å². The average Bonchev–Trinajstić information content (AvgIpc) is 2.92. The first-order valence-electron chi connectivity index (χ1n) is 9.32. The smallest absolute Gasteiger partial charge is 0.407 e. The van der Waals surface area contributed by atoms with Crippen molar-refractivity contribution in [3.8, 4) is 0 Å². The molecule has 2 atom stereocenters. The van der Waals surface area contributed by atoms with E-state index in [0.29, 0.717) is 12.0 Å². The van der Waals surface area contributed by atoms with Crippen molar-refractivity contribution in [1.29, 1.82) is 0 Å². The molecule has 2 unspecified atom stereocenters. The molecule has 0 bridgehead atoms. The first-order valence-corrected chi connectivity index (χ1v) is 9.32. The molecule has 0 aromatic rings. The third kappa shape index (κ3) is 6.94. The zero-order chi connectivity index (χ0) is 16.7. The fraction of sp³-hybridized carbons (Fsp3) is 0.842. The van der Waals surface area contributed by atoms with E-state index in [4.69, 9.17) is 4.74 Å². The molecule has 1 fully saturated rings. The molecule has 2 aliphatic carbocycles. The van der Waals surface area contributed by atoms with E-state index < -0.39 is 5.60 Å². The maximum Gasteiger partial charge on any atom is 0.407 e. The van der Waals surface area contributed by atoms with Crippen LogP contribution in [0, 0.1) is 5.92 Å². The second-order valence-corrected chi connectivity index (χ2v) is 7.99. The van der Waals surface area contributed by atoms with Crippen LogP contribution in [-0.4, -0.2) is 30.8 Å². The molecule has 1 amide bonds. The normalized spacial score (nSPS) is 25.1. The molecule has 2 rings (SSSR count). The van der Waals surface area contributed by atoms with Crippen molar-refractivity contribution in [3.05, 3.63) is 11.6 Å². The lowest BCUT2D eigenvalue weighted by Gasteiger charge is -2.24. The van der Waals surface area contributed by atoms with Crippen LogP contribution in [0.1, 0.15) is 72.1 Å². The highest BCUT2D eigenvalue weighted by atomic mass is 16.6. The molecular weight excluding hydrogens is 288 g/mol. The van der Waals surface area contributed by atoms with E-state index in [9.17, 15) is 4.79 Å². The van der Waals surface area contributed by atoms with E-state index in [1.165, 1.54) is 51.4 Å². The molecule has 2 N–H and O–H groups in total. The number of hydrogen-bond acceptors (Lipinski definition) is 3. The fourth-order valence-corrected chi connectivity index (χ4v) is 3.63. The molecule has 4 nitrogen and oxygen atoms in total. The molecule has 2 aliphatic rings. The summed E-state index contributed by atoms with van der Waals surface area (Å²) in [7, 11) is 0. The zero-order valence-corrected chi connectivity index (χ0v) is 15.1. The summed E-state index contributed by atoms with van der Waals surface area (Å²) in [6.07, 6.45) is 12.3. The van der Waals surface area contributed by atoms with E-state index >= 15 is 0 Å². The van der Waals surface area contributed by atoms with Gasteiger partial charge in [-0.15, -0.1) is 0 Å². The summed E-state index contributed by atoms with van der Waals surface area (Å²) >= 11 is 0. The van der Waals surface area contributed by atoms with Crippen LogP contribution in [0.3, 0.4) is 0 Å². The van der Waals surface area contributed by atoms with Gasteiger partial charge in [-0.2, -0.15) is 0 Å². The Balaban J connectivity index is 1.66. The van der Waals surface area contributed by atoms with Crippen LogP contribution in [0.15, 0.2) is 11.6 Å². The molecule has 1 saturated carbocycles. The molecule has 0 heterocycles. The third-order valence-electron chi connectivity index (χ3n) is 4.80. The largest absolute Gasteiger partial charge is 0.444 e. The van der Waals surface area contributed by atoms with Gasteiger partial charge in [-0.1, -0.05) is 18.1 Å². The van der Waals surface area contributed by atoms with Crippen molar-refractivity contribution in [3.63, 3.8) is 0 Å². The predicted octanol–water partition coefficient (Wildman–Crippen LogP) is 4.16. The van der Waals surface area contributed by atoms with E-state index in [0.717, 1.165) is 13.1 Å². The Labute approximate surface area is 141 Å². The van der Waals surface area contributed by atoms with Crippen molar-refractivity contribution >= 4 is 6.09 Å². The number of carbonyl (C=O) groups excluding carboxylic acids is 1. The highest BCUT2D eigenvalue weighted by molar-refractivity contribution is 5.67. The lowest BCUT2D eigenvalue weighted by Crippen LogP contribution is -2.41. The lowest BCUT2D eigenvalue weighted by atomic mass is 9.97. The standard InChI is InChI=1S/C19H34N2O2/c1-19(2,3)23-18(22)21-14-16-10-7-11-17(16)20-13-12-15-8-5-4-6-9-15/h8,16-17,20H,4-7,9-14H2,1-3H3,(H,21,22). The van der Waals surface area contributed by atoms with Gasteiger partial charge >= 0.3 is 6.09 Å². The first-order chi connectivity index (χ1) is 10.9. The molecule has 132 valence electrons. The number of hydrogen-bond donors (Lipinski definition) is 2. The number of nitrogens with one attached hydrogen (secondary N) is 2. The predicted molar refractivity (Wildman–Crippen MR) is 94.5 cm³/mol. The summed E-state index contributed by atoms with van der Waals surface area (Å²) in [5.41, 5.74) is 1.20. The van der Waals surface area contributed by atoms with Crippen molar-refractivity contribution in [2.24, 2.45) is 5.92 Å². The number of ether oxygens (including phenoxy) is 1. The Hall–Kier alpha value is -1.03. The van der Waals surface area contributed by atoms with Gasteiger partial charge in [0.25, 0.3) is 0 Å². The van der Waals surface area contributed by atoms with E-state index in [2.05, 4.69) is 16.7 Å². The van der Waals surface area contributed by atoms with Crippen LogP contribution in [0.2, 0.25) is 0 Å². The van der Waals surface area contributed by atoms with Crippen LogP contribution >= 0.6 is 0 Å². The van der Waals surface area contributed by atoms with Gasteiger partial charge in [0.2, 0.25) is 0 Å². The number of carbonyl (C=O) groups is 1. The summed E-state index contributed by atoms with van der Waals surface area (Å²) in [6.45, 7) is 7.47. The Morgan fingerprint density at radius 1 is 1.26 bits per heavy atom. The van der Waals surface area contributed by atoms with E-state index in [-0.39, 0.29) is 6.09 Å².